The molecule has 0 aromatic carbocycles. The van der Waals surface area contributed by atoms with Gasteiger partial charge in [-0.25, -0.2) is 9.78 Å². The quantitative estimate of drug-likeness (QED) is 0.842. The zero-order valence-corrected chi connectivity index (χ0v) is 11.9. The first-order valence-electron chi connectivity index (χ1n) is 6.49. The molecule has 0 atom stereocenters. The number of aromatic nitrogens is 1. The van der Waals surface area contributed by atoms with Gasteiger partial charge in [-0.1, -0.05) is 0 Å². The van der Waals surface area contributed by atoms with E-state index in [1.807, 2.05) is 10.3 Å². The fraction of sp³-hybridized carbons (Fsp3) is 0.583. The van der Waals surface area contributed by atoms with Crippen molar-refractivity contribution in [2.45, 2.75) is 13.0 Å². The Morgan fingerprint density at radius 1 is 1.35 bits per heavy atom. The van der Waals surface area contributed by atoms with Gasteiger partial charge in [0.1, 0.15) is 0 Å². The molecule has 2 amide bonds. The van der Waals surface area contributed by atoms with E-state index in [1.165, 1.54) is 11.3 Å². The van der Waals surface area contributed by atoms with Crippen molar-refractivity contribution in [3.8, 4) is 0 Å². The number of amides is 2. The van der Waals surface area contributed by atoms with Gasteiger partial charge in [0.15, 0.2) is 0 Å². The van der Waals surface area contributed by atoms with Crippen molar-refractivity contribution in [2.24, 2.45) is 0 Å². The molecule has 1 aliphatic rings. The molecule has 0 radical (unpaired) electrons. The van der Waals surface area contributed by atoms with Gasteiger partial charge in [0.05, 0.1) is 24.3 Å². The molecule has 2 heterocycles. The zero-order chi connectivity index (χ0) is 14.4. The van der Waals surface area contributed by atoms with Crippen LogP contribution < -0.4 is 5.32 Å². The number of nitrogens with zero attached hydrogens (tertiary/aromatic N) is 3. The van der Waals surface area contributed by atoms with Crippen LogP contribution in [0.4, 0.5) is 4.79 Å². The van der Waals surface area contributed by atoms with Crippen LogP contribution in [0.15, 0.2) is 10.9 Å². The third-order valence-corrected chi connectivity index (χ3v) is 3.77. The lowest BCUT2D eigenvalue weighted by Crippen LogP contribution is -2.42. The number of aliphatic carboxylic acids is 1. The van der Waals surface area contributed by atoms with Crippen LogP contribution in [-0.4, -0.2) is 64.6 Å². The highest BCUT2D eigenvalue weighted by Gasteiger charge is 2.20. The Hall–Kier alpha value is -1.67. The van der Waals surface area contributed by atoms with Crippen molar-refractivity contribution in [3.63, 3.8) is 0 Å². The van der Waals surface area contributed by atoms with E-state index >= 15 is 0 Å². The number of rotatable bonds is 4. The van der Waals surface area contributed by atoms with Crippen LogP contribution in [-0.2, 0) is 11.3 Å². The Morgan fingerprint density at radius 3 is 2.90 bits per heavy atom. The van der Waals surface area contributed by atoms with E-state index < -0.39 is 5.97 Å². The molecule has 0 unspecified atom stereocenters. The molecule has 1 fully saturated rings. The summed E-state index contributed by atoms with van der Waals surface area (Å²) in [6.07, 6.45) is 0.789. The van der Waals surface area contributed by atoms with E-state index in [-0.39, 0.29) is 12.6 Å². The molecule has 7 nitrogen and oxygen atoms in total. The lowest BCUT2D eigenvalue weighted by atomic mass is 10.4. The number of hydrogen-bond donors (Lipinski definition) is 2. The standard InChI is InChI=1S/C12H18N4O3S/c17-11(18)7-15-2-1-3-16(5-4-15)12(19)13-6-10-8-20-9-14-10/h8-9H,1-7H2,(H,13,19)(H,17,18). The molecular weight excluding hydrogens is 280 g/mol. The molecule has 2 N–H and O–H groups in total. The zero-order valence-electron chi connectivity index (χ0n) is 11.1. The van der Waals surface area contributed by atoms with Gasteiger partial charge in [-0.05, 0) is 6.42 Å². The van der Waals surface area contributed by atoms with Gasteiger partial charge in [0.2, 0.25) is 0 Å². The summed E-state index contributed by atoms with van der Waals surface area (Å²) >= 11 is 1.50. The third-order valence-electron chi connectivity index (χ3n) is 3.14. The molecule has 2 rings (SSSR count). The Labute approximate surface area is 121 Å². The van der Waals surface area contributed by atoms with E-state index in [9.17, 15) is 9.59 Å². The van der Waals surface area contributed by atoms with Crippen LogP contribution in [0.1, 0.15) is 12.1 Å². The number of thiazole rings is 1. The highest BCUT2D eigenvalue weighted by Crippen LogP contribution is 2.04. The lowest BCUT2D eigenvalue weighted by molar-refractivity contribution is -0.138. The average molecular weight is 298 g/mol. The predicted octanol–water partition coefficient (Wildman–Crippen LogP) is 0.445. The van der Waals surface area contributed by atoms with Crippen molar-refractivity contribution in [1.29, 1.82) is 0 Å². The maximum atomic E-state index is 12.0. The van der Waals surface area contributed by atoms with Crippen LogP contribution in [0, 0.1) is 0 Å². The van der Waals surface area contributed by atoms with Gasteiger partial charge in [0.25, 0.3) is 0 Å². The van der Waals surface area contributed by atoms with Gasteiger partial charge in [-0.3, -0.25) is 9.69 Å². The lowest BCUT2D eigenvalue weighted by Gasteiger charge is -2.21. The predicted molar refractivity (Wildman–Crippen MR) is 74.6 cm³/mol. The number of urea groups is 1. The molecule has 0 bridgehead atoms. The molecule has 8 heteroatoms. The minimum absolute atomic E-state index is 0.0360. The summed E-state index contributed by atoms with van der Waals surface area (Å²) in [5, 5.41) is 13.5. The number of carbonyl (C=O) groups is 2. The minimum atomic E-state index is -0.827. The summed E-state index contributed by atoms with van der Waals surface area (Å²) in [6, 6.07) is -0.116. The van der Waals surface area contributed by atoms with E-state index in [1.54, 1.807) is 10.4 Å². The van der Waals surface area contributed by atoms with E-state index in [0.29, 0.717) is 32.7 Å². The Balaban J connectivity index is 1.77. The summed E-state index contributed by atoms with van der Waals surface area (Å²) in [5.41, 5.74) is 2.59. The Morgan fingerprint density at radius 2 is 2.20 bits per heavy atom. The number of hydrogen-bond acceptors (Lipinski definition) is 5. The summed E-state index contributed by atoms with van der Waals surface area (Å²) in [5.74, 6) is -0.827. The Kier molecular flexibility index (Phi) is 5.31. The molecule has 0 spiro atoms. The molecule has 110 valence electrons. The molecule has 20 heavy (non-hydrogen) atoms. The summed E-state index contributed by atoms with van der Waals surface area (Å²) < 4.78 is 0. The molecular formula is C12H18N4O3S. The fourth-order valence-corrected chi connectivity index (χ4v) is 2.68. The van der Waals surface area contributed by atoms with Crippen LogP contribution in [0.5, 0.6) is 0 Å². The first kappa shape index (κ1) is 14.7. The molecule has 1 aliphatic heterocycles. The normalized spacial score (nSPS) is 16.7. The van der Waals surface area contributed by atoms with Gasteiger partial charge >= 0.3 is 12.0 Å². The first-order valence-corrected chi connectivity index (χ1v) is 7.43. The maximum Gasteiger partial charge on any atom is 0.317 e. The van der Waals surface area contributed by atoms with Crippen molar-refractivity contribution < 1.29 is 14.7 Å². The van der Waals surface area contributed by atoms with E-state index in [4.69, 9.17) is 5.11 Å². The monoisotopic (exact) mass is 298 g/mol. The fourth-order valence-electron chi connectivity index (χ4n) is 2.13. The smallest absolute Gasteiger partial charge is 0.317 e. The van der Waals surface area contributed by atoms with Crippen LogP contribution in [0.3, 0.4) is 0 Å². The highest BCUT2D eigenvalue weighted by atomic mass is 32.1. The summed E-state index contributed by atoms with van der Waals surface area (Å²) in [7, 11) is 0. The summed E-state index contributed by atoms with van der Waals surface area (Å²) in [4.78, 5) is 30.4. The third kappa shape index (κ3) is 4.46. The van der Waals surface area contributed by atoms with Crippen molar-refractivity contribution >= 4 is 23.3 Å². The van der Waals surface area contributed by atoms with Gasteiger partial charge in [0, 0.05) is 31.6 Å². The van der Waals surface area contributed by atoms with E-state index in [0.717, 1.165) is 12.1 Å². The average Bonchev–Trinajstić information content (AvgIpc) is 2.82. The molecule has 1 aromatic rings. The van der Waals surface area contributed by atoms with Crippen molar-refractivity contribution in [1.82, 2.24) is 20.1 Å². The number of carbonyl (C=O) groups excluding carboxylic acids is 1. The van der Waals surface area contributed by atoms with Crippen molar-refractivity contribution in [3.05, 3.63) is 16.6 Å². The minimum Gasteiger partial charge on any atom is -0.480 e. The molecule has 0 aliphatic carbocycles. The van der Waals surface area contributed by atoms with Gasteiger partial charge in [-0.15, -0.1) is 11.3 Å². The van der Waals surface area contributed by atoms with Gasteiger partial charge in [-0.2, -0.15) is 0 Å². The summed E-state index contributed by atoms with van der Waals surface area (Å²) in [6.45, 7) is 2.97. The molecule has 1 saturated heterocycles. The van der Waals surface area contributed by atoms with Gasteiger partial charge < -0.3 is 15.3 Å². The highest BCUT2D eigenvalue weighted by molar-refractivity contribution is 7.07. The first-order chi connectivity index (χ1) is 9.65. The van der Waals surface area contributed by atoms with Crippen LogP contribution >= 0.6 is 11.3 Å². The second kappa shape index (κ2) is 7.20. The molecule has 1 aromatic heterocycles. The van der Waals surface area contributed by atoms with Crippen molar-refractivity contribution in [2.75, 3.05) is 32.7 Å². The SMILES string of the molecule is O=C(O)CN1CCCN(C(=O)NCc2cscn2)CC1. The van der Waals surface area contributed by atoms with Crippen LogP contribution in [0.25, 0.3) is 0 Å². The number of nitrogens with one attached hydrogen (secondary N) is 1. The second-order valence-electron chi connectivity index (χ2n) is 4.65. The van der Waals surface area contributed by atoms with E-state index in [2.05, 4.69) is 10.3 Å². The topological polar surface area (TPSA) is 85.8 Å². The number of carboxylic acid groups (broad SMARTS) is 1. The second-order valence-corrected chi connectivity index (χ2v) is 5.37. The maximum absolute atomic E-state index is 12.0. The Bertz CT molecular complexity index is 452. The largest absolute Gasteiger partial charge is 0.480 e. The molecule has 0 saturated carbocycles. The van der Waals surface area contributed by atoms with Crippen LogP contribution in [0.2, 0.25) is 0 Å². The number of carboxylic acids is 1.